The predicted molar refractivity (Wildman–Crippen MR) is 193 cm³/mol. The summed E-state index contributed by atoms with van der Waals surface area (Å²) in [7, 11) is 0. The largest absolute Gasteiger partial charge is 0.00896 e. The Hall–Kier alpha value is -3.97. The number of hydrogen-bond donors (Lipinski definition) is 0. The van der Waals surface area contributed by atoms with Crippen molar-refractivity contribution < 1.29 is 27.4 Å². The molecule has 13 heteroatoms. The summed E-state index contributed by atoms with van der Waals surface area (Å²) in [4.78, 5) is 33.3. The van der Waals surface area contributed by atoms with E-state index in [9.17, 15) is 9.18 Å². The molecule has 0 aliphatic carbocycles. The van der Waals surface area contributed by atoms with Crippen molar-refractivity contribution in [2.24, 2.45) is 0 Å². The maximum absolute atomic E-state index is 17.1. The SMILES string of the molecule is C=C1CN2C[C@H](F)C[C@@]2(COc2nc(N3CC4CCC(C3)N4C(=O)OC(C)(C)C)c3cnc(-c4cccc5ccc(F)c(C#[C][Tl])c45)c(F)c3n2)C1. The summed E-state index contributed by atoms with van der Waals surface area (Å²) in [5.74, 6) is 2.17. The standard InChI is InChI=1S/C39H38F3N6O3.Tl/c1-6-27-30(41)13-10-23-8-7-9-28(31(23)27)33-32(42)34-29(16-43-33)35(46-19-25-11-12-26(20-46)48(25)37(49)51-38(3,4)5)45-36(44-34)50-21-39-14-22(2)17-47(39)18-24(40)15-39;/h7-10,13,16,24-26H,2,11-12,14-15,17-21H2,3-5H3;/t24-,25?,26?,39-;/m1./s1. The first kappa shape index (κ1) is 35.1. The summed E-state index contributed by atoms with van der Waals surface area (Å²) < 4.78 is 61.9. The molecule has 2 bridgehead atoms. The van der Waals surface area contributed by atoms with Gasteiger partial charge >= 0.3 is 193 Å². The molecule has 1 amide bonds. The van der Waals surface area contributed by atoms with Gasteiger partial charge in [0.2, 0.25) is 0 Å². The van der Waals surface area contributed by atoms with Crippen molar-refractivity contribution in [3.05, 3.63) is 65.9 Å². The van der Waals surface area contributed by atoms with Gasteiger partial charge in [-0.2, -0.15) is 0 Å². The van der Waals surface area contributed by atoms with Gasteiger partial charge in [-0.3, -0.25) is 9.80 Å². The van der Waals surface area contributed by atoms with Crippen molar-refractivity contribution in [3.8, 4) is 26.7 Å². The van der Waals surface area contributed by atoms with E-state index in [4.69, 9.17) is 14.5 Å². The van der Waals surface area contributed by atoms with Crippen LogP contribution in [0, 0.1) is 21.0 Å². The summed E-state index contributed by atoms with van der Waals surface area (Å²) in [6, 6.07) is 8.03. The first-order valence-electron chi connectivity index (χ1n) is 17.6. The van der Waals surface area contributed by atoms with Crippen molar-refractivity contribution in [3.63, 3.8) is 0 Å². The number of ether oxygens (including phenoxy) is 2. The summed E-state index contributed by atoms with van der Waals surface area (Å²) in [6.07, 6.45) is 2.70. The Labute approximate surface area is 316 Å². The molecular formula is C39H38F3N6O3Tl. The number of nitrogens with zero attached hydrogens (tertiary/aromatic N) is 6. The number of fused-ring (bicyclic) bond motifs is 5. The van der Waals surface area contributed by atoms with Crippen LogP contribution in [0.1, 0.15) is 52.0 Å². The van der Waals surface area contributed by atoms with Crippen LogP contribution in [-0.4, -0.2) is 119 Å². The zero-order chi connectivity index (χ0) is 36.5. The van der Waals surface area contributed by atoms with E-state index in [0.29, 0.717) is 92.3 Å². The number of hydrogen-bond acceptors (Lipinski definition) is 8. The topological polar surface area (TPSA) is 83.9 Å². The predicted octanol–water partition coefficient (Wildman–Crippen LogP) is 6.31. The number of halogens is 3. The number of rotatable bonds is 5. The van der Waals surface area contributed by atoms with Crippen LogP contribution in [0.15, 0.2) is 48.7 Å². The third-order valence-corrected chi connectivity index (χ3v) is 11.2. The third kappa shape index (κ3) is 6.17. The van der Waals surface area contributed by atoms with Crippen LogP contribution in [-0.2, 0) is 4.74 Å². The molecule has 52 heavy (non-hydrogen) atoms. The maximum Gasteiger partial charge on any atom is -0.00896 e. The quantitative estimate of drug-likeness (QED) is 0.131. The average Bonchev–Trinajstić information content (AvgIpc) is 3.66. The number of carbonyl (C=O) groups excluding carboxylic acids is 1. The van der Waals surface area contributed by atoms with Crippen molar-refractivity contribution in [1.29, 1.82) is 0 Å². The van der Waals surface area contributed by atoms with Crippen LogP contribution in [0.25, 0.3) is 32.9 Å². The van der Waals surface area contributed by atoms with Gasteiger partial charge in [0.1, 0.15) is 11.8 Å². The Bertz CT molecular complexity index is 2190. The van der Waals surface area contributed by atoms with Crippen LogP contribution in [0.5, 0.6) is 6.01 Å². The van der Waals surface area contributed by atoms with Crippen LogP contribution in [0.4, 0.5) is 23.8 Å². The average molecular weight is 900 g/mol. The van der Waals surface area contributed by atoms with Gasteiger partial charge in [-0.25, -0.2) is 9.18 Å². The van der Waals surface area contributed by atoms with Crippen LogP contribution >= 0.6 is 0 Å². The molecule has 2 unspecified atom stereocenters. The van der Waals surface area contributed by atoms with Crippen molar-refractivity contribution >= 4 is 59.4 Å². The first-order valence-corrected chi connectivity index (χ1v) is 19.8. The molecule has 4 aliphatic rings. The second-order valence-electron chi connectivity index (χ2n) is 15.4. The van der Waals surface area contributed by atoms with Gasteiger partial charge in [0, 0.05) is 19.5 Å². The van der Waals surface area contributed by atoms with Crippen LogP contribution in [0.2, 0.25) is 0 Å². The van der Waals surface area contributed by atoms with Gasteiger partial charge in [0.05, 0.1) is 17.6 Å². The number of piperazine rings is 1. The summed E-state index contributed by atoms with van der Waals surface area (Å²) in [6.45, 7) is 11.6. The zero-order valence-corrected chi connectivity index (χ0v) is 33.9. The van der Waals surface area contributed by atoms with Crippen LogP contribution < -0.4 is 9.64 Å². The Morgan fingerprint density at radius 1 is 1.12 bits per heavy atom. The second kappa shape index (κ2) is 13.2. The molecule has 0 radical (unpaired) electrons. The molecule has 9 nitrogen and oxygen atoms in total. The second-order valence-corrected chi connectivity index (χ2v) is 16.5. The van der Waals surface area contributed by atoms with E-state index >= 15 is 8.78 Å². The molecule has 4 saturated heterocycles. The molecular weight excluding hydrogens is 862 g/mol. The molecule has 4 atom stereocenters. The van der Waals surface area contributed by atoms with Gasteiger partial charge in [-0.1, -0.05) is 12.2 Å². The summed E-state index contributed by atoms with van der Waals surface area (Å²) in [5, 5.41) is 1.56. The van der Waals surface area contributed by atoms with E-state index in [1.807, 2.05) is 36.6 Å². The summed E-state index contributed by atoms with van der Waals surface area (Å²) in [5.41, 5.74) is 0.392. The smallest absolute Gasteiger partial charge is 0.00896 e. The van der Waals surface area contributed by atoms with Gasteiger partial charge in [0.25, 0.3) is 0 Å². The van der Waals surface area contributed by atoms with E-state index in [0.717, 1.165) is 18.4 Å². The third-order valence-electron chi connectivity index (χ3n) is 10.6. The molecule has 0 N–H and O–H groups in total. The Morgan fingerprint density at radius 3 is 2.62 bits per heavy atom. The van der Waals surface area contributed by atoms with E-state index in [1.54, 1.807) is 24.4 Å². The van der Waals surface area contributed by atoms with Gasteiger partial charge < -0.3 is 4.74 Å². The molecule has 266 valence electrons. The number of benzene rings is 2. The zero-order valence-electron chi connectivity index (χ0n) is 29.4. The molecule has 2 aromatic carbocycles. The fourth-order valence-electron chi connectivity index (χ4n) is 8.60. The Kier molecular flexibility index (Phi) is 8.88. The Morgan fingerprint density at radius 2 is 1.88 bits per heavy atom. The summed E-state index contributed by atoms with van der Waals surface area (Å²) >= 11 is 0.325. The molecule has 4 aliphatic heterocycles. The van der Waals surface area contributed by atoms with Crippen molar-refractivity contribution in [1.82, 2.24) is 24.8 Å². The molecule has 0 spiro atoms. The fraction of sp³-hybridized carbons (Fsp3) is 0.436. The molecule has 0 saturated carbocycles. The molecule has 8 rings (SSSR count). The first-order chi connectivity index (χ1) is 24.8. The van der Waals surface area contributed by atoms with E-state index in [1.165, 1.54) is 6.07 Å². The van der Waals surface area contributed by atoms with Gasteiger partial charge in [0.15, 0.2) is 0 Å². The number of carbonyl (C=O) groups is 1. The fourth-order valence-corrected chi connectivity index (χ4v) is 9.16. The van der Waals surface area contributed by atoms with Gasteiger partial charge in [-0.15, -0.1) is 0 Å². The number of alkyl halides is 1. The van der Waals surface area contributed by atoms with Crippen molar-refractivity contribution in [2.75, 3.05) is 37.7 Å². The number of aromatic nitrogens is 3. The minimum absolute atomic E-state index is 0.000821. The van der Waals surface area contributed by atoms with Crippen molar-refractivity contribution in [2.45, 2.75) is 75.8 Å². The molecule has 4 fully saturated rings. The maximum atomic E-state index is 17.1. The monoisotopic (exact) mass is 900 g/mol. The minimum atomic E-state index is -0.983. The normalized spacial score (nSPS) is 24.3. The van der Waals surface area contributed by atoms with E-state index < -0.39 is 28.9 Å². The molecule has 2 aromatic heterocycles. The van der Waals surface area contributed by atoms with Gasteiger partial charge in [-0.05, 0) is 40.0 Å². The van der Waals surface area contributed by atoms with E-state index in [2.05, 4.69) is 30.8 Å². The molecule has 4 aromatic rings. The number of amides is 1. The minimum Gasteiger partial charge on any atom is -0.00896 e. The van der Waals surface area contributed by atoms with E-state index in [-0.39, 0.29) is 47.6 Å². The Balaban J connectivity index is 1.23. The number of pyridine rings is 1. The number of anilines is 1. The molecule has 6 heterocycles. The van der Waals surface area contributed by atoms with Crippen LogP contribution in [0.3, 0.4) is 0 Å².